The molecule has 1 aliphatic rings. The van der Waals surface area contributed by atoms with Crippen molar-refractivity contribution in [1.29, 1.82) is 0 Å². The Morgan fingerprint density at radius 1 is 1.20 bits per heavy atom. The molecule has 0 fully saturated rings. The normalized spacial score (nSPS) is 14.3. The number of amides is 1. The average Bonchev–Trinajstić information content (AvgIpc) is 2.95. The van der Waals surface area contributed by atoms with Crippen molar-refractivity contribution in [2.45, 2.75) is 70.6 Å². The molecule has 1 amide bonds. The van der Waals surface area contributed by atoms with E-state index in [0.29, 0.717) is 16.7 Å². The van der Waals surface area contributed by atoms with Crippen LogP contribution >= 0.6 is 11.8 Å². The van der Waals surface area contributed by atoms with E-state index < -0.39 is 0 Å². The lowest BCUT2D eigenvalue weighted by Gasteiger charge is -2.30. The van der Waals surface area contributed by atoms with E-state index >= 15 is 0 Å². The van der Waals surface area contributed by atoms with Crippen molar-refractivity contribution in [2.24, 2.45) is 0 Å². The number of hydrogen-bond acceptors (Lipinski definition) is 5. The van der Waals surface area contributed by atoms with E-state index in [9.17, 15) is 9.59 Å². The summed E-state index contributed by atoms with van der Waals surface area (Å²) >= 11 is 1.38. The molecule has 0 spiro atoms. The number of nitrogens with zero attached hydrogens (tertiary/aromatic N) is 4. The minimum absolute atomic E-state index is 0.0620. The van der Waals surface area contributed by atoms with E-state index in [1.54, 1.807) is 0 Å². The van der Waals surface area contributed by atoms with E-state index in [2.05, 4.69) is 15.2 Å². The zero-order valence-electron chi connectivity index (χ0n) is 15.2. The predicted octanol–water partition coefficient (Wildman–Crippen LogP) is 2.03. The molecule has 0 unspecified atom stereocenters. The Hall–Kier alpha value is -1.83. The van der Waals surface area contributed by atoms with Gasteiger partial charge in [0.05, 0.1) is 5.75 Å². The van der Waals surface area contributed by atoms with Crippen LogP contribution in [0, 0.1) is 0 Å². The number of H-pyrrole nitrogens is 1. The van der Waals surface area contributed by atoms with Crippen LogP contribution in [-0.2, 0) is 17.6 Å². The lowest BCUT2D eigenvalue weighted by atomic mass is 9.97. The molecule has 7 nitrogen and oxygen atoms in total. The van der Waals surface area contributed by atoms with Crippen LogP contribution < -0.4 is 5.56 Å². The first-order chi connectivity index (χ1) is 11.9. The van der Waals surface area contributed by atoms with Crippen molar-refractivity contribution in [3.05, 3.63) is 21.6 Å². The van der Waals surface area contributed by atoms with Crippen molar-refractivity contribution in [2.75, 3.05) is 5.75 Å². The topological polar surface area (TPSA) is 83.4 Å². The van der Waals surface area contributed by atoms with Crippen LogP contribution in [0.1, 0.15) is 51.8 Å². The summed E-state index contributed by atoms with van der Waals surface area (Å²) in [6.07, 6.45) is 3.72. The van der Waals surface area contributed by atoms with Gasteiger partial charge in [0.15, 0.2) is 5.16 Å². The van der Waals surface area contributed by atoms with Gasteiger partial charge in [0.25, 0.3) is 5.56 Å². The third-order valence-electron chi connectivity index (χ3n) is 4.57. The highest BCUT2D eigenvalue weighted by Gasteiger charge is 2.23. The summed E-state index contributed by atoms with van der Waals surface area (Å²) < 4.78 is 1.92. The second-order valence-electron chi connectivity index (χ2n) is 7.01. The molecule has 0 radical (unpaired) electrons. The van der Waals surface area contributed by atoms with Crippen LogP contribution in [0.15, 0.2) is 9.95 Å². The van der Waals surface area contributed by atoms with Gasteiger partial charge in [0.2, 0.25) is 11.7 Å². The highest BCUT2D eigenvalue weighted by molar-refractivity contribution is 7.99. The third-order valence-corrected chi connectivity index (χ3v) is 5.48. The fourth-order valence-corrected chi connectivity index (χ4v) is 4.44. The number of hydrogen-bond donors (Lipinski definition) is 1. The fraction of sp³-hybridized carbons (Fsp3) is 0.647. The smallest absolute Gasteiger partial charge is 0.255 e. The van der Waals surface area contributed by atoms with Gasteiger partial charge in [0.1, 0.15) is 0 Å². The van der Waals surface area contributed by atoms with Crippen LogP contribution in [0.2, 0.25) is 0 Å². The summed E-state index contributed by atoms with van der Waals surface area (Å²) in [6.45, 7) is 8.10. The Kier molecular flexibility index (Phi) is 5.17. The number of thioether (sulfide) groups is 1. The molecule has 0 saturated carbocycles. The minimum atomic E-state index is -0.0620. The van der Waals surface area contributed by atoms with Gasteiger partial charge >= 0.3 is 0 Å². The summed E-state index contributed by atoms with van der Waals surface area (Å²) in [5.74, 6) is 0.862. The highest BCUT2D eigenvalue weighted by Crippen LogP contribution is 2.24. The van der Waals surface area contributed by atoms with E-state index in [0.717, 1.165) is 36.9 Å². The molecule has 1 aliphatic carbocycles. The zero-order chi connectivity index (χ0) is 18.1. The Morgan fingerprint density at radius 2 is 1.88 bits per heavy atom. The van der Waals surface area contributed by atoms with Gasteiger partial charge in [-0.15, -0.1) is 10.2 Å². The molecular weight excluding hydrogens is 338 g/mol. The van der Waals surface area contributed by atoms with Gasteiger partial charge in [-0.2, -0.15) is 0 Å². The molecule has 2 aromatic rings. The number of nitrogens with one attached hydrogen (secondary N) is 1. The Morgan fingerprint density at radius 3 is 2.56 bits per heavy atom. The van der Waals surface area contributed by atoms with Crippen molar-refractivity contribution in [1.82, 2.24) is 24.5 Å². The molecule has 0 bridgehead atoms. The zero-order valence-corrected chi connectivity index (χ0v) is 16.0. The molecule has 2 aromatic heterocycles. The largest absolute Gasteiger partial charge is 0.337 e. The summed E-state index contributed by atoms with van der Waals surface area (Å²) in [5.41, 5.74) is 1.76. The first-order valence-corrected chi connectivity index (χ1v) is 9.81. The van der Waals surface area contributed by atoms with Crippen LogP contribution in [0.25, 0.3) is 5.78 Å². The molecule has 8 heteroatoms. The molecule has 0 aliphatic heterocycles. The van der Waals surface area contributed by atoms with Crippen LogP contribution in [0.4, 0.5) is 0 Å². The maximum Gasteiger partial charge on any atom is 0.255 e. The van der Waals surface area contributed by atoms with Gasteiger partial charge in [-0.3, -0.25) is 19.0 Å². The summed E-state index contributed by atoms with van der Waals surface area (Å²) in [4.78, 5) is 29.5. The quantitative estimate of drug-likeness (QED) is 0.822. The standard InChI is InChI=1S/C17H25N5O2S/c1-10(2)21(11(3)4)14(23)9-25-17-20-19-16-18-15(24)12-7-5-6-8-13(12)22(16)17/h10-11H,5-9H2,1-4H3,(H,18,19,24). The maximum absolute atomic E-state index is 12.6. The maximum atomic E-state index is 12.6. The predicted molar refractivity (Wildman–Crippen MR) is 98.1 cm³/mol. The van der Waals surface area contributed by atoms with Gasteiger partial charge < -0.3 is 4.90 Å². The number of fused-ring (bicyclic) bond motifs is 3. The summed E-state index contributed by atoms with van der Waals surface area (Å²) in [7, 11) is 0. The second-order valence-corrected chi connectivity index (χ2v) is 7.95. The van der Waals surface area contributed by atoms with Gasteiger partial charge in [-0.05, 0) is 53.4 Å². The van der Waals surface area contributed by atoms with Crippen LogP contribution in [0.3, 0.4) is 0 Å². The molecule has 0 atom stereocenters. The van der Waals surface area contributed by atoms with Crippen molar-refractivity contribution >= 4 is 23.4 Å². The molecule has 3 rings (SSSR count). The second kappa shape index (κ2) is 7.19. The molecule has 25 heavy (non-hydrogen) atoms. The number of aromatic amines is 1. The monoisotopic (exact) mass is 363 g/mol. The number of aromatic nitrogens is 4. The molecular formula is C17H25N5O2S. The summed E-state index contributed by atoms with van der Waals surface area (Å²) in [6, 6.07) is 0.319. The van der Waals surface area contributed by atoms with Gasteiger partial charge in [-0.1, -0.05) is 11.8 Å². The van der Waals surface area contributed by atoms with Crippen molar-refractivity contribution in [3.63, 3.8) is 0 Å². The van der Waals surface area contributed by atoms with E-state index in [-0.39, 0.29) is 23.6 Å². The Balaban J connectivity index is 1.88. The molecule has 136 valence electrons. The van der Waals surface area contributed by atoms with Gasteiger partial charge in [0, 0.05) is 23.3 Å². The molecule has 0 aromatic carbocycles. The molecule has 2 heterocycles. The van der Waals surface area contributed by atoms with Crippen LogP contribution in [-0.4, -0.2) is 48.2 Å². The van der Waals surface area contributed by atoms with Crippen LogP contribution in [0.5, 0.6) is 0 Å². The van der Waals surface area contributed by atoms with Gasteiger partial charge in [-0.25, -0.2) is 0 Å². The Bertz CT molecular complexity index is 831. The SMILES string of the molecule is CC(C)N(C(=O)CSc1nnc2[nH]c(=O)c3c(n12)CCCC3)C(C)C. The third kappa shape index (κ3) is 3.44. The van der Waals surface area contributed by atoms with E-state index in [1.165, 1.54) is 11.8 Å². The number of carbonyl (C=O) groups is 1. The lowest BCUT2D eigenvalue weighted by molar-refractivity contribution is -0.131. The lowest BCUT2D eigenvalue weighted by Crippen LogP contribution is -2.43. The minimum Gasteiger partial charge on any atom is -0.337 e. The van der Waals surface area contributed by atoms with Crippen molar-refractivity contribution in [3.8, 4) is 0 Å². The van der Waals surface area contributed by atoms with Crippen molar-refractivity contribution < 1.29 is 4.79 Å². The fourth-order valence-electron chi connectivity index (χ4n) is 3.62. The number of carbonyl (C=O) groups excluding carboxylic acids is 1. The first-order valence-electron chi connectivity index (χ1n) is 8.83. The first kappa shape index (κ1) is 18.0. The van der Waals surface area contributed by atoms with E-state index in [1.807, 2.05) is 37.0 Å². The molecule has 1 N–H and O–H groups in total. The highest BCUT2D eigenvalue weighted by atomic mass is 32.2. The molecule has 0 saturated heterocycles. The average molecular weight is 363 g/mol. The number of aryl methyl sites for hydroxylation is 1. The van der Waals surface area contributed by atoms with E-state index in [4.69, 9.17) is 0 Å². The number of rotatable bonds is 5. The summed E-state index contributed by atoms with van der Waals surface area (Å²) in [5, 5.41) is 8.96. The Labute approximate surface area is 151 Å².